The minimum atomic E-state index is -4.64. The molecule has 1 unspecified atom stereocenters. The number of aromatic nitrogens is 2. The third-order valence-corrected chi connectivity index (χ3v) is 6.95. The molecule has 4 rings (SSSR count). The van der Waals surface area contributed by atoms with Crippen molar-refractivity contribution in [2.24, 2.45) is 0 Å². The fourth-order valence-electron chi connectivity index (χ4n) is 2.71. The Morgan fingerprint density at radius 1 is 1.32 bits per heavy atom. The molecule has 0 amide bonds. The van der Waals surface area contributed by atoms with Crippen molar-refractivity contribution in [1.29, 1.82) is 0 Å². The molecule has 0 radical (unpaired) electrons. The van der Waals surface area contributed by atoms with Crippen molar-refractivity contribution in [3.05, 3.63) is 53.9 Å². The number of hydrogen-bond donors (Lipinski definition) is 2. The van der Waals surface area contributed by atoms with Gasteiger partial charge < -0.3 is 14.2 Å². The van der Waals surface area contributed by atoms with Crippen LogP contribution in [0.2, 0.25) is 0 Å². The lowest BCUT2D eigenvalue weighted by molar-refractivity contribution is -0.136. The number of fused-ring (bicyclic) bond motifs is 1. The van der Waals surface area contributed by atoms with Crippen LogP contribution in [-0.2, 0) is 6.18 Å². The maximum absolute atomic E-state index is 13.7. The first-order valence-corrected chi connectivity index (χ1v) is 10.2. The van der Waals surface area contributed by atoms with Gasteiger partial charge in [0.2, 0.25) is 5.88 Å². The Bertz CT molecular complexity index is 1150. The summed E-state index contributed by atoms with van der Waals surface area (Å²) >= 11 is 1.51. The van der Waals surface area contributed by atoms with Crippen molar-refractivity contribution < 1.29 is 22.7 Å². The van der Waals surface area contributed by atoms with Gasteiger partial charge >= 0.3 is 6.18 Å². The van der Waals surface area contributed by atoms with Gasteiger partial charge in [0.25, 0.3) is 0 Å². The van der Waals surface area contributed by atoms with Crippen LogP contribution in [0.3, 0.4) is 0 Å². The molecule has 0 saturated heterocycles. The fourth-order valence-corrected chi connectivity index (χ4v) is 5.18. The zero-order valence-corrected chi connectivity index (χ0v) is 16.0. The molecule has 0 aliphatic heterocycles. The van der Waals surface area contributed by atoms with Crippen molar-refractivity contribution in [3.8, 4) is 17.0 Å². The van der Waals surface area contributed by atoms with Crippen molar-refractivity contribution in [2.75, 3.05) is 4.72 Å². The molecule has 0 aromatic carbocycles. The summed E-state index contributed by atoms with van der Waals surface area (Å²) in [6.07, 6.45) is -0.518. The normalized spacial score (nSPS) is 13.3. The number of halogens is 3. The monoisotopic (exact) mass is 425 g/mol. The van der Waals surface area contributed by atoms with Crippen LogP contribution in [-0.4, -0.2) is 19.9 Å². The molecule has 0 aliphatic carbocycles. The van der Waals surface area contributed by atoms with Gasteiger partial charge in [-0.2, -0.15) is 13.2 Å². The first-order chi connectivity index (χ1) is 13.4. The van der Waals surface area contributed by atoms with Crippen LogP contribution in [0, 0.1) is 0 Å². The summed E-state index contributed by atoms with van der Waals surface area (Å²) in [5, 5.41) is 14.4. The fraction of sp³-hybridized carbons (Fsp3) is 0.111. The number of alkyl halides is 3. The minimum Gasteiger partial charge on any atom is -0.492 e. The van der Waals surface area contributed by atoms with Crippen LogP contribution >= 0.6 is 22.0 Å². The van der Waals surface area contributed by atoms with E-state index < -0.39 is 22.4 Å². The van der Waals surface area contributed by atoms with Crippen molar-refractivity contribution in [1.82, 2.24) is 9.38 Å². The average molecular weight is 425 g/mol. The number of rotatable bonds is 4. The Kier molecular flexibility index (Phi) is 4.68. The minimum absolute atomic E-state index is 0.00956. The van der Waals surface area contributed by atoms with Crippen LogP contribution in [0.1, 0.15) is 12.5 Å². The van der Waals surface area contributed by atoms with E-state index in [1.165, 1.54) is 30.1 Å². The van der Waals surface area contributed by atoms with Gasteiger partial charge in [-0.1, -0.05) is 16.7 Å². The van der Waals surface area contributed by atoms with Gasteiger partial charge in [0.15, 0.2) is 11.5 Å². The van der Waals surface area contributed by atoms with Gasteiger partial charge in [-0.05, 0) is 35.9 Å². The molecule has 4 heterocycles. The summed E-state index contributed by atoms with van der Waals surface area (Å²) in [5.41, 5.74) is -0.584. The number of nitrogens with one attached hydrogen (secondary N) is 1. The molecule has 146 valence electrons. The van der Waals surface area contributed by atoms with E-state index in [2.05, 4.69) is 9.71 Å². The molecule has 0 aliphatic rings. The standard InChI is InChI=1S/C18H14F3N3O2S2/c1-2-28(14-4-3-7-27-14)23-15-17(25)24-9-12(11-5-6-26-10-11)8-13(16(24)22-15)18(19,20)21/h2-10,23,25H,1H3. The van der Waals surface area contributed by atoms with Crippen molar-refractivity contribution in [3.63, 3.8) is 0 Å². The topological polar surface area (TPSA) is 62.7 Å². The van der Waals surface area contributed by atoms with Gasteiger partial charge in [-0.15, -0.1) is 11.3 Å². The number of imidazole rings is 1. The first-order valence-electron chi connectivity index (χ1n) is 8.06. The molecule has 0 fully saturated rings. The maximum atomic E-state index is 13.7. The molecule has 0 bridgehead atoms. The van der Waals surface area contributed by atoms with Crippen LogP contribution < -0.4 is 4.72 Å². The van der Waals surface area contributed by atoms with E-state index >= 15 is 0 Å². The van der Waals surface area contributed by atoms with E-state index in [-0.39, 0.29) is 22.9 Å². The van der Waals surface area contributed by atoms with Gasteiger partial charge in [-0.3, -0.25) is 4.40 Å². The zero-order chi connectivity index (χ0) is 19.9. The summed E-state index contributed by atoms with van der Waals surface area (Å²) in [5.74, 6) is -0.397. The number of pyridine rings is 1. The molecule has 4 aromatic rings. The summed E-state index contributed by atoms with van der Waals surface area (Å²) in [6.45, 7) is 1.83. The number of anilines is 1. The van der Waals surface area contributed by atoms with Crippen molar-refractivity contribution in [2.45, 2.75) is 17.3 Å². The second-order valence-corrected chi connectivity index (χ2v) is 8.73. The zero-order valence-electron chi connectivity index (χ0n) is 14.4. The number of hydrogen-bond acceptors (Lipinski definition) is 5. The number of furan rings is 1. The quantitative estimate of drug-likeness (QED) is 0.402. The molecule has 0 saturated carbocycles. The predicted molar refractivity (Wildman–Crippen MR) is 105 cm³/mol. The van der Waals surface area contributed by atoms with E-state index in [0.717, 1.165) is 14.7 Å². The Morgan fingerprint density at radius 3 is 2.75 bits per heavy atom. The lowest BCUT2D eigenvalue weighted by Crippen LogP contribution is -2.08. The molecular weight excluding hydrogens is 411 g/mol. The molecule has 1 atom stereocenters. The first kappa shape index (κ1) is 18.6. The highest BCUT2D eigenvalue weighted by Crippen LogP contribution is 2.40. The van der Waals surface area contributed by atoms with E-state index in [1.807, 2.05) is 29.8 Å². The van der Waals surface area contributed by atoms with Gasteiger partial charge in [0.05, 0.1) is 22.3 Å². The molecule has 28 heavy (non-hydrogen) atoms. The van der Waals surface area contributed by atoms with Crippen LogP contribution in [0.4, 0.5) is 19.0 Å². The smallest absolute Gasteiger partial charge is 0.420 e. The molecule has 5 nitrogen and oxygen atoms in total. The van der Waals surface area contributed by atoms with E-state index in [1.54, 1.807) is 6.07 Å². The highest BCUT2D eigenvalue weighted by molar-refractivity contribution is 8.17. The summed E-state index contributed by atoms with van der Waals surface area (Å²) in [6, 6.07) is 6.34. The molecule has 10 heteroatoms. The SMILES string of the molecule is C/C=S(/Nc1nc2c(C(F)(F)F)cc(-c3ccoc3)cn2c1O)c1cccs1. The Labute approximate surface area is 164 Å². The van der Waals surface area contributed by atoms with E-state index in [4.69, 9.17) is 4.42 Å². The Balaban J connectivity index is 1.87. The average Bonchev–Trinajstić information content (AvgIpc) is 3.41. The van der Waals surface area contributed by atoms with Gasteiger partial charge in [-0.25, -0.2) is 4.98 Å². The number of nitrogens with zero attached hydrogens (tertiary/aromatic N) is 2. The summed E-state index contributed by atoms with van der Waals surface area (Å²) in [7, 11) is -0.603. The maximum Gasteiger partial charge on any atom is 0.420 e. The van der Waals surface area contributed by atoms with Crippen LogP contribution in [0.5, 0.6) is 5.88 Å². The van der Waals surface area contributed by atoms with Crippen LogP contribution in [0.25, 0.3) is 16.8 Å². The largest absolute Gasteiger partial charge is 0.492 e. The lowest BCUT2D eigenvalue weighted by atomic mass is 10.1. The molecule has 0 spiro atoms. The molecule has 4 aromatic heterocycles. The second-order valence-electron chi connectivity index (χ2n) is 5.74. The summed E-state index contributed by atoms with van der Waals surface area (Å²) in [4.78, 5) is 4.05. The molecule has 2 N–H and O–H groups in total. The number of thiophene rings is 1. The van der Waals surface area contributed by atoms with Gasteiger partial charge in [0, 0.05) is 17.3 Å². The third kappa shape index (κ3) is 3.29. The second kappa shape index (κ2) is 7.02. The van der Waals surface area contributed by atoms with Gasteiger partial charge in [0.1, 0.15) is 0 Å². The number of aromatic hydroxyl groups is 1. The summed E-state index contributed by atoms with van der Waals surface area (Å²) < 4.78 is 51.0. The third-order valence-electron chi connectivity index (χ3n) is 4.01. The predicted octanol–water partition coefficient (Wildman–Crippen LogP) is 5.86. The molecular formula is C18H14F3N3O2S2. The Hall–Kier alpha value is -2.72. The Morgan fingerprint density at radius 2 is 2.14 bits per heavy atom. The highest BCUT2D eigenvalue weighted by atomic mass is 32.2. The lowest BCUT2D eigenvalue weighted by Gasteiger charge is -2.10. The van der Waals surface area contributed by atoms with E-state index in [9.17, 15) is 18.3 Å². The highest BCUT2D eigenvalue weighted by Gasteiger charge is 2.35. The van der Waals surface area contributed by atoms with Crippen molar-refractivity contribution >= 4 is 38.8 Å². The van der Waals surface area contributed by atoms with Crippen LogP contribution in [0.15, 0.2) is 57.0 Å². The van der Waals surface area contributed by atoms with E-state index in [0.29, 0.717) is 5.56 Å².